The van der Waals surface area contributed by atoms with E-state index in [1.165, 1.54) is 11.0 Å². The molecule has 1 saturated heterocycles. The van der Waals surface area contributed by atoms with Gasteiger partial charge in [0.1, 0.15) is 23.7 Å². The number of alkyl carbamates (subject to hydrolysis) is 1. The van der Waals surface area contributed by atoms with E-state index in [2.05, 4.69) is 21.9 Å². The Balaban J connectivity index is 1.16. The molecule has 15 heteroatoms. The minimum atomic E-state index is -3.90. The molecule has 6 aliphatic rings. The number of rotatable bonds is 7. The molecule has 0 aromatic heterocycles. The van der Waals surface area contributed by atoms with Crippen LogP contribution in [0.5, 0.6) is 0 Å². The number of cyclic esters (lactones) is 1. The SMILES string of the molecule is C=C[C@@H]1C[C@]1(NC(=O)[C@@H]1C[C@@H]2CN1C(=O)[C@H](C1CCCCC1)NC(=O)OCCCCc1cccc3c1CN(C3)C(=O)O2)C(=O)NS(=O)(=O)C1CC1. The van der Waals surface area contributed by atoms with Gasteiger partial charge in [-0.05, 0) is 74.0 Å². The Labute approximate surface area is 298 Å². The van der Waals surface area contributed by atoms with Crippen LogP contribution in [-0.4, -0.2) is 90.3 Å². The lowest BCUT2D eigenvalue weighted by Gasteiger charge is -2.34. The van der Waals surface area contributed by atoms with Crippen LogP contribution >= 0.6 is 0 Å². The summed E-state index contributed by atoms with van der Waals surface area (Å²) in [6, 6.07) is 3.85. The van der Waals surface area contributed by atoms with Crippen molar-refractivity contribution in [3.05, 3.63) is 47.5 Å². The second-order valence-corrected chi connectivity index (χ2v) is 16.9. The van der Waals surface area contributed by atoms with Crippen LogP contribution in [0.3, 0.4) is 0 Å². The lowest BCUT2D eigenvalue weighted by molar-refractivity contribution is -0.142. The van der Waals surface area contributed by atoms with Crippen molar-refractivity contribution in [2.75, 3.05) is 13.2 Å². The Kier molecular flexibility index (Phi) is 9.76. The molecular formula is C36H47N5O9S. The quantitative estimate of drug-likeness (QED) is 0.357. The van der Waals surface area contributed by atoms with Crippen LogP contribution in [0.25, 0.3) is 0 Å². The molecule has 3 aliphatic carbocycles. The van der Waals surface area contributed by atoms with Crippen molar-refractivity contribution in [2.45, 2.75) is 119 Å². The molecule has 1 aromatic carbocycles. The molecule has 14 nitrogen and oxygen atoms in total. The molecule has 4 fully saturated rings. The van der Waals surface area contributed by atoms with Crippen molar-refractivity contribution in [3.63, 3.8) is 0 Å². The summed E-state index contributed by atoms with van der Waals surface area (Å²) in [5, 5.41) is 4.95. The molecule has 276 valence electrons. The van der Waals surface area contributed by atoms with Crippen LogP contribution in [0.15, 0.2) is 30.9 Å². The maximum atomic E-state index is 14.5. The summed E-state index contributed by atoms with van der Waals surface area (Å²) in [5.41, 5.74) is 1.67. The Morgan fingerprint density at radius 2 is 1.76 bits per heavy atom. The molecule has 4 bridgehead atoms. The Hall–Kier alpha value is -4.14. The van der Waals surface area contributed by atoms with Crippen LogP contribution in [-0.2, 0) is 53.4 Å². The van der Waals surface area contributed by atoms with Gasteiger partial charge in [0.25, 0.3) is 5.91 Å². The Morgan fingerprint density at radius 3 is 2.49 bits per heavy atom. The second kappa shape index (κ2) is 14.1. The number of nitrogens with zero attached hydrogens (tertiary/aromatic N) is 2. The molecule has 3 heterocycles. The van der Waals surface area contributed by atoms with Gasteiger partial charge in [0, 0.05) is 25.4 Å². The first kappa shape index (κ1) is 35.3. The predicted molar refractivity (Wildman–Crippen MR) is 183 cm³/mol. The highest BCUT2D eigenvalue weighted by atomic mass is 32.2. The van der Waals surface area contributed by atoms with Gasteiger partial charge in [0.15, 0.2) is 0 Å². The third kappa shape index (κ3) is 7.31. The number of hydrogen-bond donors (Lipinski definition) is 3. The van der Waals surface area contributed by atoms with Crippen LogP contribution < -0.4 is 15.4 Å². The molecule has 0 spiro atoms. The van der Waals surface area contributed by atoms with E-state index in [0.717, 1.165) is 48.8 Å². The largest absolute Gasteiger partial charge is 0.450 e. The van der Waals surface area contributed by atoms with E-state index >= 15 is 0 Å². The van der Waals surface area contributed by atoms with Crippen molar-refractivity contribution in [2.24, 2.45) is 11.8 Å². The standard InChI is InChI=1S/C36H47N5O9S/c1-2-25-18-36(25,33(44)39-51(47,48)27-14-15-27)38-31(42)29-17-26-20-41(29)32(43)30(23-10-4-3-5-11-23)37-34(45)49-16-7-6-9-22-12-8-13-24-19-40(21-28(22)24)35(46)50-26/h2,8,12-13,23,25-27,29-30H,1,3-7,9-11,14-21H2,(H,37,45)(H,38,42)(H,39,44)/t25-,26-,29+,30+,36-/m1/s1. The van der Waals surface area contributed by atoms with Gasteiger partial charge in [0.05, 0.1) is 18.4 Å². The molecule has 7 rings (SSSR count). The van der Waals surface area contributed by atoms with Crippen molar-refractivity contribution < 1.29 is 41.9 Å². The van der Waals surface area contributed by atoms with Crippen LogP contribution in [0.4, 0.5) is 9.59 Å². The predicted octanol–water partition coefficient (Wildman–Crippen LogP) is 2.79. The van der Waals surface area contributed by atoms with Crippen molar-refractivity contribution in [3.8, 4) is 0 Å². The number of ether oxygens (including phenoxy) is 2. The second-order valence-electron chi connectivity index (χ2n) is 15.0. The number of carbonyl (C=O) groups excluding carboxylic acids is 5. The van der Waals surface area contributed by atoms with Gasteiger partial charge in [-0.25, -0.2) is 18.0 Å². The van der Waals surface area contributed by atoms with E-state index in [1.54, 1.807) is 4.90 Å². The number of hydrogen-bond acceptors (Lipinski definition) is 9. The van der Waals surface area contributed by atoms with Crippen LogP contribution in [0, 0.1) is 11.8 Å². The number of carbonyl (C=O) groups is 5. The fraction of sp³-hybridized carbons (Fsp3) is 0.639. The first-order valence-electron chi connectivity index (χ1n) is 18.3. The van der Waals surface area contributed by atoms with Gasteiger partial charge in [-0.2, -0.15) is 0 Å². The van der Waals surface area contributed by atoms with Crippen LogP contribution in [0.2, 0.25) is 0 Å². The van der Waals surface area contributed by atoms with E-state index in [1.807, 2.05) is 18.2 Å². The van der Waals surface area contributed by atoms with Crippen molar-refractivity contribution in [1.82, 2.24) is 25.2 Å². The van der Waals surface area contributed by atoms with Crippen molar-refractivity contribution in [1.29, 1.82) is 0 Å². The summed E-state index contributed by atoms with van der Waals surface area (Å²) >= 11 is 0. The number of nitrogens with one attached hydrogen (secondary N) is 3. The first-order valence-corrected chi connectivity index (χ1v) is 19.8. The zero-order valence-electron chi connectivity index (χ0n) is 28.8. The molecule has 5 atom stereocenters. The molecule has 51 heavy (non-hydrogen) atoms. The minimum absolute atomic E-state index is 0.0476. The Bertz CT molecular complexity index is 1710. The average molecular weight is 726 g/mol. The fourth-order valence-corrected chi connectivity index (χ4v) is 9.61. The molecule has 0 radical (unpaired) electrons. The molecule has 3 saturated carbocycles. The highest BCUT2D eigenvalue weighted by molar-refractivity contribution is 7.91. The van der Waals surface area contributed by atoms with Gasteiger partial charge in [-0.1, -0.05) is 43.5 Å². The lowest BCUT2D eigenvalue weighted by Crippen LogP contribution is -2.59. The maximum absolute atomic E-state index is 14.5. The highest BCUT2D eigenvalue weighted by Crippen LogP contribution is 2.45. The van der Waals surface area contributed by atoms with Gasteiger partial charge < -0.3 is 25.0 Å². The summed E-state index contributed by atoms with van der Waals surface area (Å²) in [5.74, 6) is -2.74. The number of aryl methyl sites for hydroxylation is 1. The molecule has 5 amide bonds. The Morgan fingerprint density at radius 1 is 1.00 bits per heavy atom. The zero-order valence-corrected chi connectivity index (χ0v) is 29.6. The average Bonchev–Trinajstić information content (AvgIpc) is 4.01. The van der Waals surface area contributed by atoms with E-state index in [9.17, 15) is 32.4 Å². The fourth-order valence-electron chi connectivity index (χ4n) is 8.24. The van der Waals surface area contributed by atoms with Crippen molar-refractivity contribution >= 4 is 39.9 Å². The molecule has 0 unspecified atom stereocenters. The molecular weight excluding hydrogens is 678 g/mol. The summed E-state index contributed by atoms with van der Waals surface area (Å²) < 4.78 is 39.0. The smallest absolute Gasteiger partial charge is 0.410 e. The highest BCUT2D eigenvalue weighted by Gasteiger charge is 2.62. The summed E-state index contributed by atoms with van der Waals surface area (Å²) in [6.07, 6.45) is 6.72. The molecule has 3 aliphatic heterocycles. The number of sulfonamides is 1. The number of benzene rings is 1. The maximum Gasteiger partial charge on any atom is 0.410 e. The molecule has 3 N–H and O–H groups in total. The van der Waals surface area contributed by atoms with E-state index in [4.69, 9.17) is 9.47 Å². The van der Waals surface area contributed by atoms with Gasteiger partial charge in [-0.3, -0.25) is 24.0 Å². The number of amides is 5. The zero-order chi connectivity index (χ0) is 35.9. The third-order valence-corrected chi connectivity index (χ3v) is 13.3. The van der Waals surface area contributed by atoms with Crippen LogP contribution in [0.1, 0.15) is 87.3 Å². The molecule has 1 aromatic rings. The van der Waals surface area contributed by atoms with Gasteiger partial charge >= 0.3 is 12.2 Å². The monoisotopic (exact) mass is 725 g/mol. The first-order chi connectivity index (χ1) is 24.5. The minimum Gasteiger partial charge on any atom is -0.450 e. The van der Waals surface area contributed by atoms with Gasteiger partial charge in [0.2, 0.25) is 21.8 Å². The van der Waals surface area contributed by atoms with E-state index in [-0.39, 0.29) is 31.9 Å². The van der Waals surface area contributed by atoms with Gasteiger partial charge in [-0.15, -0.1) is 6.58 Å². The summed E-state index contributed by atoms with van der Waals surface area (Å²) in [7, 11) is -3.90. The topological polar surface area (TPSA) is 181 Å². The van der Waals surface area contributed by atoms with E-state index in [0.29, 0.717) is 45.2 Å². The normalized spacial score (nSPS) is 30.3. The third-order valence-electron chi connectivity index (χ3n) is 11.4. The lowest BCUT2D eigenvalue weighted by atomic mass is 9.83. The van der Waals surface area contributed by atoms with E-state index < -0.39 is 74.8 Å². The number of fused-ring (bicyclic) bond motifs is 3. The summed E-state index contributed by atoms with van der Waals surface area (Å²) in [6.45, 7) is 4.58. The summed E-state index contributed by atoms with van der Waals surface area (Å²) in [4.78, 5) is 71.8.